The number of nitrogens with two attached hydrogens (primary N) is 1. The summed E-state index contributed by atoms with van der Waals surface area (Å²) in [5, 5.41) is 14.0. The number of carbonyl (C=O) groups is 2. The Balaban J connectivity index is 1.50. The van der Waals surface area contributed by atoms with Crippen molar-refractivity contribution in [3.63, 3.8) is 0 Å². The third-order valence-corrected chi connectivity index (χ3v) is 5.85. The fourth-order valence-corrected chi connectivity index (χ4v) is 4.07. The Morgan fingerprint density at radius 2 is 1.80 bits per heavy atom. The molecule has 0 radical (unpaired) electrons. The molecule has 0 aliphatic heterocycles. The minimum atomic E-state index is -0.684. The van der Waals surface area contributed by atoms with Crippen LogP contribution in [0.5, 0.6) is 11.5 Å². The molecule has 180 valence electrons. The molecule has 3 aromatic carbocycles. The average Bonchev–Trinajstić information content (AvgIpc) is 3.16. The van der Waals surface area contributed by atoms with Crippen molar-refractivity contribution in [1.29, 1.82) is 0 Å². The largest absolute Gasteiger partial charge is 0.507 e. The van der Waals surface area contributed by atoms with Crippen molar-refractivity contribution in [2.75, 3.05) is 13.7 Å². The second kappa shape index (κ2) is 10.3. The van der Waals surface area contributed by atoms with Crippen LogP contribution < -0.4 is 15.8 Å². The molecular weight excluding hydrogens is 449 g/mol. The van der Waals surface area contributed by atoms with E-state index in [0.717, 1.165) is 33.3 Å². The number of hydrogen-bond donors (Lipinski definition) is 3. The molecule has 1 aromatic heterocycles. The molecular formula is C27H26FN3O4. The average molecular weight is 476 g/mol. The summed E-state index contributed by atoms with van der Waals surface area (Å²) >= 11 is 0. The van der Waals surface area contributed by atoms with E-state index in [1.54, 1.807) is 25.3 Å². The van der Waals surface area contributed by atoms with Gasteiger partial charge in [0, 0.05) is 30.2 Å². The van der Waals surface area contributed by atoms with E-state index in [2.05, 4.69) is 5.32 Å². The number of ether oxygens (including phenoxy) is 1. The van der Waals surface area contributed by atoms with Crippen molar-refractivity contribution in [3.8, 4) is 11.5 Å². The van der Waals surface area contributed by atoms with Gasteiger partial charge in [-0.3, -0.25) is 9.59 Å². The zero-order valence-corrected chi connectivity index (χ0v) is 19.3. The van der Waals surface area contributed by atoms with Crippen LogP contribution in [-0.4, -0.2) is 35.1 Å². The van der Waals surface area contributed by atoms with Crippen LogP contribution >= 0.6 is 0 Å². The Morgan fingerprint density at radius 3 is 2.49 bits per heavy atom. The number of hydrogen-bond acceptors (Lipinski definition) is 4. The molecule has 0 saturated heterocycles. The van der Waals surface area contributed by atoms with Crippen LogP contribution in [0.1, 0.15) is 27.0 Å². The van der Waals surface area contributed by atoms with Crippen molar-refractivity contribution < 1.29 is 23.8 Å². The van der Waals surface area contributed by atoms with Gasteiger partial charge >= 0.3 is 0 Å². The summed E-state index contributed by atoms with van der Waals surface area (Å²) in [7, 11) is 1.61. The van der Waals surface area contributed by atoms with Crippen LogP contribution in [-0.2, 0) is 24.2 Å². The molecule has 4 aromatic rings. The van der Waals surface area contributed by atoms with Crippen molar-refractivity contribution >= 4 is 22.7 Å². The summed E-state index contributed by atoms with van der Waals surface area (Å²) in [6.45, 7) is 0.900. The molecule has 0 unspecified atom stereocenters. The van der Waals surface area contributed by atoms with E-state index < -0.39 is 5.91 Å². The zero-order chi connectivity index (χ0) is 24.9. The van der Waals surface area contributed by atoms with Crippen LogP contribution in [0.25, 0.3) is 10.9 Å². The minimum absolute atomic E-state index is 0.0768. The number of rotatable bonds is 9. The molecule has 0 fully saturated rings. The lowest BCUT2D eigenvalue weighted by Crippen LogP contribution is -2.27. The minimum Gasteiger partial charge on any atom is -0.507 e. The molecule has 0 aliphatic carbocycles. The van der Waals surface area contributed by atoms with Crippen molar-refractivity contribution in [2.24, 2.45) is 5.73 Å². The maximum Gasteiger partial charge on any atom is 0.252 e. The SMILES string of the molecule is COc1ccc2c(c1)c(CCNC(=O)Cc1ccc(F)cc1)cn2Cc1ccc(C(N)=O)c(O)c1. The second-order valence-electron chi connectivity index (χ2n) is 8.28. The maximum absolute atomic E-state index is 13.1. The van der Waals surface area contributed by atoms with E-state index in [1.807, 2.05) is 29.0 Å². The Bertz CT molecular complexity index is 1380. The standard InChI is InChI=1S/C27H26FN3O4/c1-35-21-7-9-24-23(14-21)19(10-11-30-26(33)13-17-2-5-20(28)6-3-17)16-31(24)15-18-4-8-22(27(29)34)25(32)12-18/h2-9,12,14,16,32H,10-11,13,15H2,1H3,(H2,29,34)(H,30,33). The first-order valence-corrected chi connectivity index (χ1v) is 11.1. The Morgan fingerprint density at radius 1 is 1.06 bits per heavy atom. The molecule has 0 atom stereocenters. The number of nitrogens with zero attached hydrogens (tertiary/aromatic N) is 1. The molecule has 35 heavy (non-hydrogen) atoms. The quantitative estimate of drug-likeness (QED) is 0.344. The van der Waals surface area contributed by atoms with E-state index in [9.17, 15) is 19.1 Å². The number of fused-ring (bicyclic) bond motifs is 1. The lowest BCUT2D eigenvalue weighted by Gasteiger charge is -2.08. The van der Waals surface area contributed by atoms with Gasteiger partial charge in [0.25, 0.3) is 5.91 Å². The fourth-order valence-electron chi connectivity index (χ4n) is 4.07. The number of amides is 2. The van der Waals surface area contributed by atoms with Crippen LogP contribution in [0.4, 0.5) is 4.39 Å². The summed E-state index contributed by atoms with van der Waals surface area (Å²) in [5.74, 6) is -0.586. The van der Waals surface area contributed by atoms with Crippen LogP contribution in [0.2, 0.25) is 0 Å². The van der Waals surface area contributed by atoms with Gasteiger partial charge in [0.1, 0.15) is 17.3 Å². The molecule has 4 N–H and O–H groups in total. The molecule has 4 rings (SSSR count). The lowest BCUT2D eigenvalue weighted by atomic mass is 10.1. The van der Waals surface area contributed by atoms with E-state index in [0.29, 0.717) is 19.5 Å². The van der Waals surface area contributed by atoms with Gasteiger partial charge in [-0.1, -0.05) is 18.2 Å². The predicted molar refractivity (Wildman–Crippen MR) is 131 cm³/mol. The number of benzene rings is 3. The number of primary amides is 1. The summed E-state index contributed by atoms with van der Waals surface area (Å²) in [6.07, 6.45) is 2.79. The normalized spacial score (nSPS) is 10.9. The summed E-state index contributed by atoms with van der Waals surface area (Å²) in [6, 6.07) is 16.5. The number of carbonyl (C=O) groups excluding carboxylic acids is 2. The Labute approximate surface area is 201 Å². The smallest absolute Gasteiger partial charge is 0.252 e. The predicted octanol–water partition coefficient (Wildman–Crippen LogP) is 3.54. The van der Waals surface area contributed by atoms with Crippen LogP contribution in [0.3, 0.4) is 0 Å². The lowest BCUT2D eigenvalue weighted by molar-refractivity contribution is -0.120. The van der Waals surface area contributed by atoms with Gasteiger partial charge in [-0.2, -0.15) is 0 Å². The first-order valence-electron chi connectivity index (χ1n) is 11.1. The summed E-state index contributed by atoms with van der Waals surface area (Å²) < 4.78 is 20.5. The summed E-state index contributed by atoms with van der Waals surface area (Å²) in [4.78, 5) is 23.7. The van der Waals surface area contributed by atoms with Crippen molar-refractivity contribution in [1.82, 2.24) is 9.88 Å². The highest BCUT2D eigenvalue weighted by molar-refractivity contribution is 5.95. The molecule has 0 saturated carbocycles. The van der Waals surface area contributed by atoms with Gasteiger partial charge in [-0.05, 0) is 65.6 Å². The van der Waals surface area contributed by atoms with Crippen LogP contribution in [0.15, 0.2) is 66.9 Å². The van der Waals surface area contributed by atoms with Crippen LogP contribution in [0, 0.1) is 5.82 Å². The highest BCUT2D eigenvalue weighted by atomic mass is 19.1. The number of aromatic hydroxyl groups is 1. The monoisotopic (exact) mass is 475 g/mol. The maximum atomic E-state index is 13.1. The van der Waals surface area contributed by atoms with Crippen molar-refractivity contribution in [2.45, 2.75) is 19.4 Å². The molecule has 0 aliphatic rings. The molecule has 2 amide bonds. The number of halogens is 1. The van der Waals surface area contributed by atoms with Gasteiger partial charge in [-0.25, -0.2) is 4.39 Å². The van der Waals surface area contributed by atoms with E-state index in [4.69, 9.17) is 10.5 Å². The zero-order valence-electron chi connectivity index (χ0n) is 19.3. The molecule has 7 nitrogen and oxygen atoms in total. The Hall–Kier alpha value is -4.33. The third-order valence-electron chi connectivity index (χ3n) is 5.85. The number of phenols is 1. The highest BCUT2D eigenvalue weighted by Gasteiger charge is 2.13. The van der Waals surface area contributed by atoms with Gasteiger partial charge in [0.05, 0.1) is 19.1 Å². The number of methoxy groups -OCH3 is 1. The second-order valence-corrected chi connectivity index (χ2v) is 8.28. The number of nitrogens with one attached hydrogen (secondary N) is 1. The van der Waals surface area contributed by atoms with Gasteiger partial charge in [0.2, 0.25) is 5.91 Å². The van der Waals surface area contributed by atoms with Crippen molar-refractivity contribution in [3.05, 3.63) is 94.9 Å². The first kappa shape index (κ1) is 23.8. The third kappa shape index (κ3) is 5.60. The van der Waals surface area contributed by atoms with Gasteiger partial charge in [-0.15, -0.1) is 0 Å². The highest BCUT2D eigenvalue weighted by Crippen LogP contribution is 2.28. The van der Waals surface area contributed by atoms with Gasteiger partial charge in [0.15, 0.2) is 0 Å². The van der Waals surface area contributed by atoms with E-state index in [-0.39, 0.29) is 29.5 Å². The van der Waals surface area contributed by atoms with E-state index >= 15 is 0 Å². The molecule has 0 bridgehead atoms. The fraction of sp³-hybridized carbons (Fsp3) is 0.185. The molecule has 0 spiro atoms. The molecule has 1 heterocycles. The topological polar surface area (TPSA) is 107 Å². The Kier molecular flexibility index (Phi) is 7.01. The first-order chi connectivity index (χ1) is 16.8. The van der Waals surface area contributed by atoms with Gasteiger partial charge < -0.3 is 25.5 Å². The molecule has 8 heteroatoms. The summed E-state index contributed by atoms with van der Waals surface area (Å²) in [5.41, 5.74) is 8.90. The number of aromatic nitrogens is 1. The van der Waals surface area contributed by atoms with E-state index in [1.165, 1.54) is 24.3 Å².